The molecule has 2 amide bonds. The van der Waals surface area contributed by atoms with Crippen molar-refractivity contribution < 1.29 is 14.3 Å². The number of fused-ring (bicyclic) bond motifs is 1. The van der Waals surface area contributed by atoms with E-state index in [1.54, 1.807) is 7.11 Å². The zero-order chi connectivity index (χ0) is 28.7. The molecule has 6 rings (SSSR count). The minimum Gasteiger partial charge on any atom is -0.497 e. The first-order valence-electron chi connectivity index (χ1n) is 15.1. The maximum atomic E-state index is 13.5. The summed E-state index contributed by atoms with van der Waals surface area (Å²) in [7, 11) is 1.65. The number of methoxy groups -OCH3 is 1. The lowest BCUT2D eigenvalue weighted by atomic mass is 9.73. The summed E-state index contributed by atoms with van der Waals surface area (Å²) in [6.45, 7) is 7.13. The molecule has 0 aromatic heterocycles. The molecule has 3 aromatic carbocycles. The lowest BCUT2D eigenvalue weighted by Gasteiger charge is -2.58. The Morgan fingerprint density at radius 1 is 0.881 bits per heavy atom. The Kier molecular flexibility index (Phi) is 9.05. The first-order valence-corrected chi connectivity index (χ1v) is 15.1. The number of morpholine rings is 1. The molecule has 3 fully saturated rings. The minimum atomic E-state index is -0.0380. The third-order valence-corrected chi connectivity index (χ3v) is 8.78. The highest BCUT2D eigenvalue weighted by molar-refractivity contribution is 5.89. The van der Waals surface area contributed by atoms with Gasteiger partial charge in [0.2, 0.25) is 0 Å². The van der Waals surface area contributed by atoms with Crippen molar-refractivity contribution in [1.29, 1.82) is 0 Å². The molecule has 0 aliphatic carbocycles. The van der Waals surface area contributed by atoms with Crippen LogP contribution in [-0.2, 0) is 4.74 Å². The topological polar surface area (TPSA) is 57.3 Å². The van der Waals surface area contributed by atoms with Gasteiger partial charge >= 0.3 is 6.03 Å². The predicted octanol–water partition coefficient (Wildman–Crippen LogP) is 4.89. The monoisotopic (exact) mass is 564 g/mol. The Morgan fingerprint density at radius 2 is 1.57 bits per heavy atom. The van der Waals surface area contributed by atoms with Crippen LogP contribution in [0.4, 0.5) is 10.5 Å². The van der Waals surface area contributed by atoms with Gasteiger partial charge in [-0.05, 0) is 73.5 Å². The van der Waals surface area contributed by atoms with E-state index in [1.807, 2.05) is 59.5 Å². The van der Waals surface area contributed by atoms with Crippen molar-refractivity contribution in [2.75, 3.05) is 64.9 Å². The zero-order valence-electron chi connectivity index (χ0n) is 24.4. The van der Waals surface area contributed by atoms with E-state index in [1.165, 1.54) is 5.56 Å². The van der Waals surface area contributed by atoms with Crippen LogP contribution in [0, 0.1) is 11.8 Å². The van der Waals surface area contributed by atoms with Crippen LogP contribution in [0.3, 0.4) is 0 Å². The number of rotatable bonds is 5. The number of hydrogen-bond donors (Lipinski definition) is 1. The first kappa shape index (κ1) is 28.3. The number of urea groups is 1. The highest BCUT2D eigenvalue weighted by atomic mass is 16.5. The number of hydrogen-bond acceptors (Lipinski definition) is 5. The Morgan fingerprint density at radius 3 is 2.29 bits per heavy atom. The summed E-state index contributed by atoms with van der Waals surface area (Å²) >= 11 is 0. The van der Waals surface area contributed by atoms with E-state index in [4.69, 9.17) is 9.47 Å². The number of benzene rings is 3. The van der Waals surface area contributed by atoms with Crippen LogP contribution in [0.15, 0.2) is 78.9 Å². The van der Waals surface area contributed by atoms with E-state index < -0.39 is 0 Å². The first-order chi connectivity index (χ1) is 20.7. The second-order valence-electron chi connectivity index (χ2n) is 11.4. The SMILES string of the molecule is COc1ccc(NC(=O)N2CCCCN3[C@H](CN4CCOCC4)C(c4ccc(C#Cc5ccccc5)cc4)[C@@H]3C2)cc1. The molecule has 3 atom stereocenters. The smallest absolute Gasteiger partial charge is 0.321 e. The fraction of sp³-hybridized carbons (Fsp3) is 0.400. The molecular formula is C35H40N4O3. The van der Waals surface area contributed by atoms with Gasteiger partial charge in [-0.3, -0.25) is 9.80 Å². The lowest BCUT2D eigenvalue weighted by molar-refractivity contribution is -0.0619. The maximum Gasteiger partial charge on any atom is 0.321 e. The minimum absolute atomic E-state index is 0.0380. The summed E-state index contributed by atoms with van der Waals surface area (Å²) in [6, 6.07) is 27.1. The van der Waals surface area contributed by atoms with E-state index in [-0.39, 0.29) is 12.1 Å². The fourth-order valence-electron chi connectivity index (χ4n) is 6.50. The van der Waals surface area contributed by atoms with Crippen molar-refractivity contribution in [3.05, 3.63) is 95.6 Å². The van der Waals surface area contributed by atoms with E-state index >= 15 is 0 Å². The van der Waals surface area contributed by atoms with Gasteiger partial charge in [-0.25, -0.2) is 4.79 Å². The van der Waals surface area contributed by atoms with Crippen molar-refractivity contribution >= 4 is 11.7 Å². The highest BCUT2D eigenvalue weighted by Crippen LogP contribution is 2.42. The number of ether oxygens (including phenoxy) is 2. The summed E-state index contributed by atoms with van der Waals surface area (Å²) in [4.78, 5) is 20.7. The van der Waals surface area contributed by atoms with Crippen molar-refractivity contribution in [3.63, 3.8) is 0 Å². The number of carbonyl (C=O) groups is 1. The molecule has 218 valence electrons. The van der Waals surface area contributed by atoms with Crippen LogP contribution < -0.4 is 10.1 Å². The Balaban J connectivity index is 1.21. The Bertz CT molecular complexity index is 1380. The van der Waals surface area contributed by atoms with Gasteiger partial charge < -0.3 is 19.7 Å². The molecule has 3 heterocycles. The molecule has 3 aliphatic heterocycles. The van der Waals surface area contributed by atoms with Crippen LogP contribution in [-0.4, -0.2) is 92.4 Å². The average Bonchev–Trinajstić information content (AvgIpc) is 3.02. The van der Waals surface area contributed by atoms with Gasteiger partial charge in [-0.15, -0.1) is 0 Å². The molecule has 42 heavy (non-hydrogen) atoms. The molecule has 1 unspecified atom stereocenters. The number of amides is 2. The van der Waals surface area contributed by atoms with Gasteiger partial charge in [0.25, 0.3) is 0 Å². The van der Waals surface area contributed by atoms with Crippen LogP contribution in [0.1, 0.15) is 35.4 Å². The van der Waals surface area contributed by atoms with Crippen LogP contribution >= 0.6 is 0 Å². The van der Waals surface area contributed by atoms with Gasteiger partial charge in [0.15, 0.2) is 0 Å². The molecule has 0 bridgehead atoms. The second kappa shape index (κ2) is 13.4. The van der Waals surface area contributed by atoms with Crippen molar-refractivity contribution in [2.24, 2.45) is 0 Å². The number of carbonyl (C=O) groups excluding carboxylic acids is 1. The van der Waals surface area contributed by atoms with Gasteiger partial charge in [-0.1, -0.05) is 42.2 Å². The largest absolute Gasteiger partial charge is 0.497 e. The molecule has 3 aromatic rings. The lowest BCUT2D eigenvalue weighted by Crippen LogP contribution is -2.69. The van der Waals surface area contributed by atoms with Crippen molar-refractivity contribution in [3.8, 4) is 17.6 Å². The predicted molar refractivity (Wildman–Crippen MR) is 166 cm³/mol. The van der Waals surface area contributed by atoms with Crippen LogP contribution in [0.25, 0.3) is 0 Å². The maximum absolute atomic E-state index is 13.5. The van der Waals surface area contributed by atoms with E-state index in [2.05, 4.69) is 51.2 Å². The summed E-state index contributed by atoms with van der Waals surface area (Å²) in [5.74, 6) is 7.71. The number of nitrogens with one attached hydrogen (secondary N) is 1. The molecule has 0 radical (unpaired) electrons. The Labute approximate surface area is 249 Å². The molecular weight excluding hydrogens is 524 g/mol. The highest BCUT2D eigenvalue weighted by Gasteiger charge is 2.50. The van der Waals surface area contributed by atoms with Crippen molar-refractivity contribution in [2.45, 2.75) is 30.8 Å². The molecule has 7 nitrogen and oxygen atoms in total. The summed E-state index contributed by atoms with van der Waals surface area (Å²) in [5.41, 5.74) is 4.14. The quantitative estimate of drug-likeness (QED) is 0.448. The summed E-state index contributed by atoms with van der Waals surface area (Å²) in [5, 5.41) is 3.11. The molecule has 1 N–H and O–H groups in total. The molecule has 3 aliphatic rings. The normalized spacial score (nSPS) is 22.9. The van der Waals surface area contributed by atoms with E-state index in [9.17, 15) is 4.79 Å². The molecule has 0 spiro atoms. The molecule has 3 saturated heterocycles. The number of anilines is 1. The van der Waals surface area contributed by atoms with Gasteiger partial charge in [-0.2, -0.15) is 0 Å². The van der Waals surface area contributed by atoms with E-state index in [0.717, 1.165) is 81.3 Å². The summed E-state index contributed by atoms with van der Waals surface area (Å²) < 4.78 is 10.9. The van der Waals surface area contributed by atoms with Gasteiger partial charge in [0, 0.05) is 67.5 Å². The van der Waals surface area contributed by atoms with Crippen LogP contribution in [0.2, 0.25) is 0 Å². The summed E-state index contributed by atoms with van der Waals surface area (Å²) in [6.07, 6.45) is 2.09. The third-order valence-electron chi connectivity index (χ3n) is 8.78. The standard InChI is InChI=1S/C35H40N4O3/c1-41-31-17-15-30(16-18-31)36-35(40)38-19-5-6-20-39-32(25-37-21-23-42-24-22-37)34(33(39)26-38)29-13-11-28(12-14-29)10-9-27-7-3-2-4-8-27/h2-4,7-8,11-18,32-34H,5-6,19-26H2,1H3,(H,36,40)/t32-,33+,34?/m1/s1. The number of nitrogens with zero attached hydrogens (tertiary/aromatic N) is 3. The van der Waals surface area contributed by atoms with Crippen LogP contribution in [0.5, 0.6) is 5.75 Å². The second-order valence-corrected chi connectivity index (χ2v) is 11.4. The average molecular weight is 565 g/mol. The van der Waals surface area contributed by atoms with Crippen molar-refractivity contribution in [1.82, 2.24) is 14.7 Å². The van der Waals surface area contributed by atoms with E-state index in [0.29, 0.717) is 18.5 Å². The zero-order valence-corrected chi connectivity index (χ0v) is 24.4. The van der Waals surface area contributed by atoms with Gasteiger partial charge in [0.1, 0.15) is 5.75 Å². The fourth-order valence-corrected chi connectivity index (χ4v) is 6.50. The molecule has 0 saturated carbocycles. The van der Waals surface area contributed by atoms with Gasteiger partial charge in [0.05, 0.1) is 20.3 Å². The molecule has 7 heteroatoms. The third kappa shape index (κ3) is 6.63. The Hall–Kier alpha value is -3.83.